The largest absolute Gasteiger partial charge is 1.00 e. The second kappa shape index (κ2) is 13.9. The number of aryl methyl sites for hydroxylation is 2. The Morgan fingerprint density at radius 2 is 0.824 bits per heavy atom. The maximum atomic E-state index is 3.67. The van der Waals surface area contributed by atoms with Crippen LogP contribution in [0.5, 0.6) is 0 Å². The van der Waals surface area contributed by atoms with Gasteiger partial charge in [-0.1, -0.05) is 26.0 Å². The van der Waals surface area contributed by atoms with E-state index in [2.05, 4.69) is 49.8 Å². The van der Waals surface area contributed by atoms with Gasteiger partial charge in [0.1, 0.15) is 37.7 Å². The average molecular weight is 694 g/mol. The number of rotatable bonds is 0. The van der Waals surface area contributed by atoms with Crippen LogP contribution in [0.15, 0.2) is 24.5 Å². The van der Waals surface area contributed by atoms with Crippen LogP contribution >= 0.6 is 15.8 Å². The summed E-state index contributed by atoms with van der Waals surface area (Å²) in [6, 6.07) is 3.72. The van der Waals surface area contributed by atoms with Gasteiger partial charge in [0.2, 0.25) is 0 Å². The first-order chi connectivity index (χ1) is 15.6. The summed E-state index contributed by atoms with van der Waals surface area (Å²) in [5, 5.41) is 14.5. The zero-order chi connectivity index (χ0) is 21.9. The molecule has 8 saturated heterocycles. The van der Waals surface area contributed by atoms with Gasteiger partial charge in [-0.15, -0.1) is 11.4 Å². The molecule has 0 amide bonds. The molecule has 0 unspecified atom stereocenters. The molecule has 0 aromatic carbocycles. The molecule has 0 N–H and O–H groups in total. The van der Waals surface area contributed by atoms with Crippen molar-refractivity contribution in [2.75, 3.05) is 77.7 Å². The van der Waals surface area contributed by atoms with Crippen molar-refractivity contribution >= 4 is 15.8 Å². The summed E-state index contributed by atoms with van der Waals surface area (Å²) in [7, 11) is 0.0594. The predicted octanol–water partition coefficient (Wildman–Crippen LogP) is 0.474. The molecule has 0 aliphatic carbocycles. The Labute approximate surface area is 236 Å². The second-order valence-electron chi connectivity index (χ2n) is 9.67. The summed E-state index contributed by atoms with van der Waals surface area (Å²) in [6.07, 6.45) is 12.1. The van der Waals surface area contributed by atoms with Crippen LogP contribution in [-0.2, 0) is 44.8 Å². The Bertz CT molecular complexity index is 644. The summed E-state index contributed by atoms with van der Waals surface area (Å²) < 4.78 is 0. The molecule has 34 heavy (non-hydrogen) atoms. The second-order valence-corrected chi connectivity index (χ2v) is 14.6. The van der Waals surface area contributed by atoms with E-state index in [9.17, 15) is 0 Å². The third-order valence-corrected chi connectivity index (χ3v) is 11.6. The Hall–Kier alpha value is 0.521. The molecule has 0 spiro atoms. The summed E-state index contributed by atoms with van der Waals surface area (Å²) in [6.45, 7) is 11.3. The van der Waals surface area contributed by atoms with E-state index < -0.39 is 0 Å². The van der Waals surface area contributed by atoms with Crippen LogP contribution in [0.3, 0.4) is 0 Å². The summed E-state index contributed by atoms with van der Waals surface area (Å²) >= 11 is 0. The fourth-order valence-electron chi connectivity index (χ4n) is 5.36. The normalized spacial score (nSPS) is 37.0. The van der Waals surface area contributed by atoms with E-state index in [-0.39, 0.29) is 60.6 Å². The van der Waals surface area contributed by atoms with Crippen molar-refractivity contribution in [3.8, 4) is 0 Å². The van der Waals surface area contributed by atoms with Gasteiger partial charge in [-0.3, -0.25) is 0 Å². The van der Waals surface area contributed by atoms with Gasteiger partial charge in [-0.2, -0.15) is 0 Å². The van der Waals surface area contributed by atoms with Crippen molar-refractivity contribution < 1.29 is 44.8 Å². The third kappa shape index (κ3) is 8.27. The minimum absolute atomic E-state index is 0. The van der Waals surface area contributed by atoms with Crippen LogP contribution in [0.2, 0.25) is 0 Å². The van der Waals surface area contributed by atoms with Crippen molar-refractivity contribution in [2.45, 2.75) is 13.8 Å². The molecule has 8 bridgehead atoms. The van der Waals surface area contributed by atoms with Crippen molar-refractivity contribution in [3.63, 3.8) is 0 Å². The Kier molecular flexibility index (Phi) is 11.9. The van der Waals surface area contributed by atoms with Gasteiger partial charge < -0.3 is 20.4 Å². The van der Waals surface area contributed by atoms with Crippen LogP contribution in [0.25, 0.3) is 0 Å². The SMILES string of the molecule is C1N2CN3CN1C[PH+](C2)C3.C1N2CN3CN1C[PH+](C2)C3.Cc1ccn[n-]1.Cc1ccn[n-]1.[Ag+].[Ag+]. The monoisotopic (exact) mass is 692 g/mol. The third-order valence-electron chi connectivity index (χ3n) is 6.28. The standard InChI is InChI=1S/2C6H12N3P.2C4H5N2.2Ag/c2*1-7-2-9-3-8(1)5-10(4-7)6-9;2*1-4-2-3-5-6-4;;/h2*1-6H2;2*2-3H,1H3;;/q;;2*-1;2*+1/p+2. The fourth-order valence-corrected chi connectivity index (χ4v) is 11.0. The van der Waals surface area contributed by atoms with E-state index in [0.717, 1.165) is 11.4 Å². The quantitative estimate of drug-likeness (QED) is 0.288. The van der Waals surface area contributed by atoms with Gasteiger partial charge in [0.15, 0.2) is 0 Å². The molecule has 8 aliphatic rings. The topological polar surface area (TPSA) is 73.4 Å². The molecule has 8 aliphatic heterocycles. The molecule has 8 fully saturated rings. The maximum absolute atomic E-state index is 3.67. The van der Waals surface area contributed by atoms with Gasteiger partial charge in [0.05, 0.1) is 40.0 Å². The smallest absolute Gasteiger partial charge is 0.579 e. The van der Waals surface area contributed by atoms with Crippen LogP contribution in [-0.4, -0.2) is 117 Å². The van der Waals surface area contributed by atoms with Gasteiger partial charge in [-0.05, 0) is 0 Å². The van der Waals surface area contributed by atoms with Crippen LogP contribution in [0.1, 0.15) is 11.4 Å². The first-order valence-electron chi connectivity index (χ1n) is 11.4. The molecule has 196 valence electrons. The van der Waals surface area contributed by atoms with E-state index in [0.29, 0.717) is 0 Å². The van der Waals surface area contributed by atoms with Crippen LogP contribution in [0.4, 0.5) is 0 Å². The fraction of sp³-hybridized carbons (Fsp3) is 0.700. The molecule has 14 heteroatoms. The molecular weight excluding hydrogens is 658 g/mol. The van der Waals surface area contributed by atoms with E-state index in [1.165, 1.54) is 77.7 Å². The zero-order valence-electron chi connectivity index (χ0n) is 19.9. The molecule has 10 rings (SSSR count). The van der Waals surface area contributed by atoms with Gasteiger partial charge in [-0.25, -0.2) is 29.4 Å². The zero-order valence-corrected chi connectivity index (χ0v) is 24.8. The van der Waals surface area contributed by atoms with Gasteiger partial charge in [0.25, 0.3) is 0 Å². The number of nitrogens with zero attached hydrogens (tertiary/aromatic N) is 10. The van der Waals surface area contributed by atoms with Crippen molar-refractivity contribution in [2.24, 2.45) is 0 Å². The molecule has 2 aromatic rings. The summed E-state index contributed by atoms with van der Waals surface area (Å²) in [5.74, 6) is 0. The van der Waals surface area contributed by atoms with Crippen molar-refractivity contribution in [1.82, 2.24) is 49.8 Å². The summed E-state index contributed by atoms with van der Waals surface area (Å²) in [4.78, 5) is 15.5. The predicted molar refractivity (Wildman–Crippen MR) is 131 cm³/mol. The maximum Gasteiger partial charge on any atom is 1.00 e. The van der Waals surface area contributed by atoms with Gasteiger partial charge in [0, 0.05) is 28.2 Å². The van der Waals surface area contributed by atoms with Crippen molar-refractivity contribution in [3.05, 3.63) is 35.9 Å². The molecule has 0 atom stereocenters. The minimum Gasteiger partial charge on any atom is -0.579 e. The molecule has 0 radical (unpaired) electrons. The Morgan fingerprint density at radius 3 is 0.941 bits per heavy atom. The average Bonchev–Trinajstić information content (AvgIpc) is 3.41. The number of aromatic nitrogens is 4. The number of hydrogen-bond donors (Lipinski definition) is 0. The molecule has 10 heterocycles. The van der Waals surface area contributed by atoms with E-state index in [1.807, 2.05) is 26.0 Å². The first kappa shape index (κ1) is 29.1. The Morgan fingerprint density at radius 1 is 0.559 bits per heavy atom. The van der Waals surface area contributed by atoms with Crippen LogP contribution in [0, 0.1) is 13.8 Å². The minimum atomic E-state index is 0. The molecule has 10 nitrogen and oxygen atoms in total. The molecule has 0 saturated carbocycles. The van der Waals surface area contributed by atoms with Crippen LogP contribution < -0.4 is 10.2 Å². The van der Waals surface area contributed by atoms with E-state index in [1.54, 1.807) is 12.4 Å². The van der Waals surface area contributed by atoms with E-state index >= 15 is 0 Å². The van der Waals surface area contributed by atoms with E-state index in [4.69, 9.17) is 0 Å². The number of hydrogen-bond acceptors (Lipinski definition) is 8. The molecular formula is C20H36Ag2N10P2+2. The first-order valence-corrected chi connectivity index (χ1v) is 15.7. The van der Waals surface area contributed by atoms with Crippen molar-refractivity contribution in [1.29, 1.82) is 0 Å². The Balaban J connectivity index is 0.000000129. The molecule has 2 aromatic heterocycles. The summed E-state index contributed by atoms with van der Waals surface area (Å²) in [5.41, 5.74) is 1.96. The van der Waals surface area contributed by atoms with Gasteiger partial charge >= 0.3 is 44.8 Å².